The van der Waals surface area contributed by atoms with E-state index >= 15 is 0 Å². The van der Waals surface area contributed by atoms with Crippen molar-refractivity contribution in [2.75, 3.05) is 6.54 Å². The normalized spacial score (nSPS) is 19.3. The zero-order valence-corrected chi connectivity index (χ0v) is 15.1. The van der Waals surface area contributed by atoms with Crippen molar-refractivity contribution in [3.63, 3.8) is 0 Å². The Kier molecular flexibility index (Phi) is 5.33. The van der Waals surface area contributed by atoms with Crippen LogP contribution in [0.5, 0.6) is 0 Å². The predicted octanol–water partition coefficient (Wildman–Crippen LogP) is 4.40. The number of alkyl halides is 3. The molecule has 0 aliphatic carbocycles. The van der Waals surface area contributed by atoms with E-state index < -0.39 is 17.7 Å². The summed E-state index contributed by atoms with van der Waals surface area (Å²) < 4.78 is 38.1. The highest BCUT2D eigenvalue weighted by Crippen LogP contribution is 2.33. The number of halogens is 3. The summed E-state index contributed by atoms with van der Waals surface area (Å²) >= 11 is 0. The Hall–Kier alpha value is -3.00. The summed E-state index contributed by atoms with van der Waals surface area (Å²) in [5.74, 6) is -0.879. The third-order valence-corrected chi connectivity index (χ3v) is 4.63. The lowest BCUT2D eigenvalue weighted by Crippen LogP contribution is -2.37. The fourth-order valence-corrected chi connectivity index (χ4v) is 3.08. The number of carboxylic acids is 1. The summed E-state index contributed by atoms with van der Waals surface area (Å²) in [6, 6.07) is 11.8. The molecule has 1 aromatic heterocycles. The van der Waals surface area contributed by atoms with E-state index in [1.165, 1.54) is 12.3 Å². The Morgan fingerprint density at radius 2 is 1.82 bits per heavy atom. The number of carbonyl (C=O) groups is 1. The Morgan fingerprint density at radius 3 is 2.36 bits per heavy atom. The van der Waals surface area contributed by atoms with Crippen molar-refractivity contribution < 1.29 is 23.1 Å². The zero-order chi connectivity index (χ0) is 20.4. The molecule has 1 atom stereocenters. The molecule has 0 amide bonds. The maximum atomic E-state index is 12.8. The molecule has 0 fully saturated rings. The first kappa shape index (κ1) is 19.8. The summed E-state index contributed by atoms with van der Waals surface area (Å²) in [4.78, 5) is 15.6. The van der Waals surface area contributed by atoms with E-state index in [4.69, 9.17) is 0 Å². The molecule has 1 aliphatic heterocycles. The van der Waals surface area contributed by atoms with Gasteiger partial charge in [-0.2, -0.15) is 13.2 Å². The summed E-state index contributed by atoms with van der Waals surface area (Å²) in [6.45, 7) is 2.10. The quantitative estimate of drug-likeness (QED) is 0.744. The first-order chi connectivity index (χ1) is 13.2. The van der Waals surface area contributed by atoms with Gasteiger partial charge in [0.05, 0.1) is 5.56 Å². The Morgan fingerprint density at radius 1 is 1.11 bits per heavy atom. The van der Waals surface area contributed by atoms with Crippen LogP contribution in [-0.4, -0.2) is 28.3 Å². The van der Waals surface area contributed by atoms with Crippen LogP contribution in [0.15, 0.2) is 65.5 Å². The van der Waals surface area contributed by atoms with Crippen LogP contribution in [0.1, 0.15) is 24.5 Å². The second-order valence-electron chi connectivity index (χ2n) is 6.43. The van der Waals surface area contributed by atoms with Gasteiger partial charge in [-0.15, -0.1) is 4.59 Å². The second-order valence-corrected chi connectivity index (χ2v) is 6.43. The monoisotopic (exact) mass is 390 g/mol. The predicted molar refractivity (Wildman–Crippen MR) is 99.5 cm³/mol. The number of aliphatic carboxylic acids is 1. The molecule has 8 heteroatoms. The van der Waals surface area contributed by atoms with E-state index in [9.17, 15) is 23.1 Å². The van der Waals surface area contributed by atoms with Gasteiger partial charge < -0.3 is 5.11 Å². The number of quaternary nitrogens is 1. The van der Waals surface area contributed by atoms with Crippen LogP contribution in [0.2, 0.25) is 0 Å². The number of hydrogen-bond acceptors (Lipinski definition) is 3. The molecule has 1 N–H and O–H groups in total. The average Bonchev–Trinajstić information content (AvgIpc) is 3.07. The molecule has 0 spiro atoms. The molecule has 3 rings (SSSR count). The first-order valence-electron chi connectivity index (χ1n) is 8.76. The minimum atomic E-state index is -4.49. The Bertz CT molecular complexity index is 922. The molecule has 146 valence electrons. The minimum absolute atomic E-state index is 0.0551. The topological polar surface area (TPSA) is 62.5 Å². The van der Waals surface area contributed by atoms with Crippen molar-refractivity contribution in [1.29, 1.82) is 0 Å². The fraction of sp³-hybridized carbons (Fsp3) is 0.250. The summed E-state index contributed by atoms with van der Waals surface area (Å²) in [6.07, 6.45) is -1.29. The van der Waals surface area contributed by atoms with Crippen LogP contribution in [0.25, 0.3) is 0 Å². The van der Waals surface area contributed by atoms with E-state index in [1.54, 1.807) is 6.92 Å². The molecule has 1 aromatic carbocycles. The maximum absolute atomic E-state index is 12.8. The lowest BCUT2D eigenvalue weighted by molar-refractivity contribution is -0.138. The maximum Gasteiger partial charge on any atom is 0.417 e. The number of nitrogens with zero attached hydrogens (tertiary/aromatic N) is 3. The van der Waals surface area contributed by atoms with Crippen LogP contribution in [-0.2, 0) is 17.4 Å². The summed E-state index contributed by atoms with van der Waals surface area (Å²) in [5.41, 5.74) is 0.642. The molecule has 0 saturated carbocycles. The second kappa shape index (κ2) is 7.55. The summed E-state index contributed by atoms with van der Waals surface area (Å²) in [5, 5.41) is 14.1. The molecule has 0 bridgehead atoms. The molecule has 1 unspecified atom stereocenters. The molecule has 5 nitrogen and oxygen atoms in total. The Balaban J connectivity index is 1.93. The first-order valence-corrected chi connectivity index (χ1v) is 8.76. The highest BCUT2D eigenvalue weighted by molar-refractivity contribution is 6.20. The standard InChI is InChI=1S/C20H18F3N3O2/c1-2-26(18-11-9-15(12-24-18)20(21,22)23)13-16(19(27)28)17(25-26)10-8-14-6-4-3-5-7-14/h3-7,9,11-13H,2,8,10H2,1H3/p+1. The van der Waals surface area contributed by atoms with Gasteiger partial charge in [0.25, 0.3) is 5.82 Å². The van der Waals surface area contributed by atoms with Crippen molar-refractivity contribution in [2.45, 2.75) is 25.9 Å². The SMILES string of the molecule is CC[N+]1(c2ccc(C(F)(F)F)cn2)C=C(C(=O)O)C(CCc2ccccc2)=N1. The van der Waals surface area contributed by atoms with Crippen LogP contribution in [0, 0.1) is 0 Å². The fourth-order valence-electron chi connectivity index (χ4n) is 3.08. The Labute approximate surface area is 160 Å². The van der Waals surface area contributed by atoms with Gasteiger partial charge in [-0.1, -0.05) is 35.4 Å². The third kappa shape index (κ3) is 3.96. The van der Waals surface area contributed by atoms with Crippen LogP contribution in [0.4, 0.5) is 19.0 Å². The number of carboxylic acid groups (broad SMARTS) is 1. The van der Waals surface area contributed by atoms with E-state index in [1.807, 2.05) is 30.3 Å². The van der Waals surface area contributed by atoms with Gasteiger partial charge >= 0.3 is 12.1 Å². The van der Waals surface area contributed by atoms with Crippen LogP contribution in [0.3, 0.4) is 0 Å². The number of rotatable bonds is 6. The number of benzene rings is 1. The number of aromatic nitrogens is 1. The molecule has 28 heavy (non-hydrogen) atoms. The van der Waals surface area contributed by atoms with E-state index in [-0.39, 0.29) is 16.0 Å². The van der Waals surface area contributed by atoms with Gasteiger partial charge in [0, 0.05) is 18.7 Å². The largest absolute Gasteiger partial charge is 0.477 e. The highest BCUT2D eigenvalue weighted by atomic mass is 19.4. The zero-order valence-electron chi connectivity index (χ0n) is 15.1. The minimum Gasteiger partial charge on any atom is -0.477 e. The van der Waals surface area contributed by atoms with E-state index in [2.05, 4.69) is 10.1 Å². The van der Waals surface area contributed by atoms with E-state index in [0.29, 0.717) is 25.1 Å². The highest BCUT2D eigenvalue weighted by Gasteiger charge is 2.40. The molecule has 0 radical (unpaired) electrons. The third-order valence-electron chi connectivity index (χ3n) is 4.63. The molecular weight excluding hydrogens is 371 g/mol. The lowest BCUT2D eigenvalue weighted by atomic mass is 10.0. The molecule has 1 aliphatic rings. The van der Waals surface area contributed by atoms with Gasteiger partial charge in [-0.25, -0.2) is 9.78 Å². The van der Waals surface area contributed by atoms with Crippen molar-refractivity contribution >= 4 is 17.5 Å². The summed E-state index contributed by atoms with van der Waals surface area (Å²) in [7, 11) is 0. The van der Waals surface area contributed by atoms with Crippen molar-refractivity contribution in [3.8, 4) is 0 Å². The van der Waals surface area contributed by atoms with Gasteiger partial charge in [0.15, 0.2) is 0 Å². The van der Waals surface area contributed by atoms with Crippen molar-refractivity contribution in [1.82, 2.24) is 9.58 Å². The molecule has 0 saturated heterocycles. The van der Waals surface area contributed by atoms with Gasteiger partial charge in [0.2, 0.25) is 0 Å². The van der Waals surface area contributed by atoms with Crippen LogP contribution >= 0.6 is 0 Å². The van der Waals surface area contributed by atoms with E-state index in [0.717, 1.165) is 17.8 Å². The lowest BCUT2D eigenvalue weighted by Gasteiger charge is -2.22. The smallest absolute Gasteiger partial charge is 0.417 e. The van der Waals surface area contributed by atoms with Gasteiger partial charge in [0.1, 0.15) is 24.0 Å². The van der Waals surface area contributed by atoms with Gasteiger partial charge in [-0.3, -0.25) is 0 Å². The number of hydrogen-bond donors (Lipinski definition) is 1. The molecule has 2 aromatic rings. The number of pyridine rings is 1. The average molecular weight is 390 g/mol. The van der Waals surface area contributed by atoms with Crippen molar-refractivity contribution in [2.24, 2.45) is 5.10 Å². The van der Waals surface area contributed by atoms with Crippen LogP contribution < -0.4 is 4.59 Å². The van der Waals surface area contributed by atoms with Crippen molar-refractivity contribution in [3.05, 3.63) is 71.6 Å². The molecular formula is C20H19F3N3O2+. The number of aryl methyl sites for hydroxylation is 1. The molecule has 2 heterocycles. The van der Waals surface area contributed by atoms with Gasteiger partial charge in [-0.05, 0) is 25.0 Å².